The molecule has 94 valence electrons. The fraction of sp³-hybridized carbons (Fsp3) is 0.308. The zero-order valence-corrected chi connectivity index (χ0v) is 10.2. The number of nitrogens with one attached hydrogen (secondary N) is 1. The van der Waals surface area contributed by atoms with Gasteiger partial charge in [-0.15, -0.1) is 0 Å². The topological polar surface area (TPSA) is 90.2 Å². The molecule has 1 aromatic rings. The molecule has 0 heterocycles. The number of carbonyl (C=O) groups excluding carboxylic acids is 1. The van der Waals surface area contributed by atoms with Gasteiger partial charge in [0.2, 0.25) is 5.91 Å². The summed E-state index contributed by atoms with van der Waals surface area (Å²) in [6, 6.07) is 8.54. The van der Waals surface area contributed by atoms with Crippen LogP contribution in [0.5, 0.6) is 0 Å². The Labute approximate surface area is 105 Å². The van der Waals surface area contributed by atoms with Crippen LogP contribution in [0.1, 0.15) is 19.4 Å². The second kappa shape index (κ2) is 5.82. The van der Waals surface area contributed by atoms with Crippen molar-refractivity contribution < 1.29 is 14.7 Å². The van der Waals surface area contributed by atoms with Gasteiger partial charge in [0.15, 0.2) is 0 Å². The molecule has 0 aliphatic heterocycles. The lowest BCUT2D eigenvalue weighted by Gasteiger charge is -2.16. The highest BCUT2D eigenvalue weighted by atomic mass is 16.4. The summed E-state index contributed by atoms with van der Waals surface area (Å²) in [4.78, 5) is 22.6. The highest BCUT2D eigenvalue weighted by molar-refractivity contribution is 5.95. The summed E-state index contributed by atoms with van der Waals surface area (Å²) in [5.41, 5.74) is 0.746. The van der Waals surface area contributed by atoms with Crippen LogP contribution in [0, 0.1) is 23.2 Å². The first-order valence-electron chi connectivity index (χ1n) is 5.50. The molecule has 0 aliphatic carbocycles. The number of hydrogen-bond donors (Lipinski definition) is 2. The van der Waals surface area contributed by atoms with Gasteiger partial charge in [0.1, 0.15) is 6.07 Å². The number of carboxylic acid groups (broad SMARTS) is 1. The number of rotatable bonds is 4. The third-order valence-electron chi connectivity index (χ3n) is 2.86. The molecule has 1 rings (SSSR count). The fourth-order valence-electron chi connectivity index (χ4n) is 1.38. The van der Waals surface area contributed by atoms with Crippen LogP contribution in [0.15, 0.2) is 24.3 Å². The Morgan fingerprint density at radius 2 is 1.89 bits per heavy atom. The lowest BCUT2D eigenvalue weighted by Crippen LogP contribution is -2.30. The number of hydrogen-bond acceptors (Lipinski definition) is 3. The molecule has 2 unspecified atom stereocenters. The first kappa shape index (κ1) is 13.7. The molecule has 0 aromatic heterocycles. The molecule has 0 spiro atoms. The van der Waals surface area contributed by atoms with Gasteiger partial charge < -0.3 is 10.4 Å². The summed E-state index contributed by atoms with van der Waals surface area (Å²) in [5, 5.41) is 20.3. The van der Waals surface area contributed by atoms with E-state index in [1.165, 1.54) is 6.92 Å². The summed E-state index contributed by atoms with van der Waals surface area (Å²) in [5.74, 6) is -2.88. The van der Waals surface area contributed by atoms with Crippen LogP contribution >= 0.6 is 0 Å². The van der Waals surface area contributed by atoms with Crippen LogP contribution in [0.25, 0.3) is 0 Å². The van der Waals surface area contributed by atoms with Crippen molar-refractivity contribution in [2.75, 3.05) is 5.32 Å². The van der Waals surface area contributed by atoms with Crippen LogP contribution in [0.2, 0.25) is 0 Å². The number of para-hydroxylation sites is 1. The SMILES string of the molecule is CC(C(=O)O)C(C)C(=O)Nc1ccccc1C#N. The molecule has 18 heavy (non-hydrogen) atoms. The molecule has 0 saturated carbocycles. The van der Waals surface area contributed by atoms with Crippen LogP contribution in [0.3, 0.4) is 0 Å². The number of nitriles is 1. The molecule has 2 atom stereocenters. The Kier molecular flexibility index (Phi) is 4.44. The summed E-state index contributed by atoms with van der Waals surface area (Å²) < 4.78 is 0. The smallest absolute Gasteiger partial charge is 0.307 e. The van der Waals surface area contributed by atoms with Crippen LogP contribution in [0.4, 0.5) is 5.69 Å². The molecular formula is C13H14N2O3. The highest BCUT2D eigenvalue weighted by Crippen LogP contribution is 2.17. The standard InChI is InChI=1S/C13H14N2O3/c1-8(9(2)13(17)18)12(16)15-11-6-4-3-5-10(11)7-14/h3-6,8-9H,1-2H3,(H,15,16)(H,17,18). The maximum Gasteiger partial charge on any atom is 0.307 e. The van der Waals surface area contributed by atoms with Crippen LogP contribution in [-0.2, 0) is 9.59 Å². The summed E-state index contributed by atoms with van der Waals surface area (Å²) in [7, 11) is 0. The van der Waals surface area contributed by atoms with Crippen molar-refractivity contribution in [1.29, 1.82) is 5.26 Å². The number of aliphatic carboxylic acids is 1. The van der Waals surface area contributed by atoms with Crippen molar-refractivity contribution in [1.82, 2.24) is 0 Å². The van der Waals surface area contributed by atoms with Gasteiger partial charge in [-0.05, 0) is 12.1 Å². The number of benzene rings is 1. The monoisotopic (exact) mass is 246 g/mol. The zero-order chi connectivity index (χ0) is 13.7. The molecule has 1 aromatic carbocycles. The number of anilines is 1. The fourth-order valence-corrected chi connectivity index (χ4v) is 1.38. The third kappa shape index (κ3) is 3.08. The summed E-state index contributed by atoms with van der Waals surface area (Å²) in [6.07, 6.45) is 0. The number of nitrogens with zero attached hydrogens (tertiary/aromatic N) is 1. The molecule has 2 N–H and O–H groups in total. The van der Waals surface area contributed by atoms with Crippen molar-refractivity contribution in [3.05, 3.63) is 29.8 Å². The van der Waals surface area contributed by atoms with Crippen molar-refractivity contribution in [2.24, 2.45) is 11.8 Å². The van der Waals surface area contributed by atoms with Gasteiger partial charge in [0.25, 0.3) is 0 Å². The third-order valence-corrected chi connectivity index (χ3v) is 2.86. The van der Waals surface area contributed by atoms with E-state index in [9.17, 15) is 9.59 Å². The molecule has 0 bridgehead atoms. The van der Waals surface area contributed by atoms with E-state index in [2.05, 4.69) is 5.32 Å². The number of carbonyl (C=O) groups is 2. The van der Waals surface area contributed by atoms with Crippen molar-refractivity contribution in [3.8, 4) is 6.07 Å². The Hall–Kier alpha value is -2.35. The predicted octanol–water partition coefficient (Wildman–Crippen LogP) is 1.85. The van der Waals surface area contributed by atoms with E-state index in [4.69, 9.17) is 10.4 Å². The minimum Gasteiger partial charge on any atom is -0.481 e. The molecule has 5 heteroatoms. The Bertz CT molecular complexity index is 505. The average molecular weight is 246 g/mol. The summed E-state index contributed by atoms with van der Waals surface area (Å²) >= 11 is 0. The van der Waals surface area contributed by atoms with E-state index in [1.54, 1.807) is 31.2 Å². The van der Waals surface area contributed by atoms with E-state index < -0.39 is 23.7 Å². The van der Waals surface area contributed by atoms with Gasteiger partial charge >= 0.3 is 5.97 Å². The van der Waals surface area contributed by atoms with Gasteiger partial charge in [-0.2, -0.15) is 5.26 Å². The first-order valence-corrected chi connectivity index (χ1v) is 5.50. The molecule has 5 nitrogen and oxygen atoms in total. The van der Waals surface area contributed by atoms with Gasteiger partial charge in [0, 0.05) is 5.92 Å². The van der Waals surface area contributed by atoms with Gasteiger partial charge in [-0.25, -0.2) is 0 Å². The van der Waals surface area contributed by atoms with E-state index in [-0.39, 0.29) is 0 Å². The van der Waals surface area contributed by atoms with Gasteiger partial charge in [0.05, 0.1) is 17.2 Å². The van der Waals surface area contributed by atoms with E-state index in [0.717, 1.165) is 0 Å². The molecule has 0 fully saturated rings. The quantitative estimate of drug-likeness (QED) is 0.848. The molecule has 0 radical (unpaired) electrons. The van der Waals surface area contributed by atoms with E-state index in [1.807, 2.05) is 6.07 Å². The van der Waals surface area contributed by atoms with Crippen molar-refractivity contribution in [2.45, 2.75) is 13.8 Å². The van der Waals surface area contributed by atoms with Crippen molar-refractivity contribution in [3.63, 3.8) is 0 Å². The molecular weight excluding hydrogens is 232 g/mol. The second-order valence-corrected chi connectivity index (χ2v) is 4.06. The molecule has 1 amide bonds. The Morgan fingerprint density at radius 1 is 1.28 bits per heavy atom. The maximum absolute atomic E-state index is 11.8. The minimum atomic E-state index is -1.02. The van der Waals surface area contributed by atoms with Gasteiger partial charge in [-0.3, -0.25) is 9.59 Å². The van der Waals surface area contributed by atoms with Crippen LogP contribution in [-0.4, -0.2) is 17.0 Å². The lowest BCUT2D eigenvalue weighted by atomic mass is 9.95. The van der Waals surface area contributed by atoms with E-state index >= 15 is 0 Å². The Morgan fingerprint density at radius 3 is 2.44 bits per heavy atom. The van der Waals surface area contributed by atoms with Crippen molar-refractivity contribution >= 4 is 17.6 Å². The molecule has 0 saturated heterocycles. The zero-order valence-electron chi connectivity index (χ0n) is 10.2. The normalized spacial score (nSPS) is 13.2. The predicted molar refractivity (Wildman–Crippen MR) is 65.8 cm³/mol. The minimum absolute atomic E-state index is 0.348. The molecule has 0 aliphatic rings. The highest BCUT2D eigenvalue weighted by Gasteiger charge is 2.26. The second-order valence-electron chi connectivity index (χ2n) is 4.06. The number of amides is 1. The lowest BCUT2D eigenvalue weighted by molar-refractivity contribution is -0.145. The number of carboxylic acids is 1. The Balaban J connectivity index is 2.82. The largest absolute Gasteiger partial charge is 0.481 e. The maximum atomic E-state index is 11.8. The van der Waals surface area contributed by atoms with Crippen LogP contribution < -0.4 is 5.32 Å². The first-order chi connectivity index (χ1) is 8.47. The summed E-state index contributed by atoms with van der Waals surface area (Å²) in [6.45, 7) is 3.02. The van der Waals surface area contributed by atoms with Gasteiger partial charge in [-0.1, -0.05) is 26.0 Å². The average Bonchev–Trinajstić information content (AvgIpc) is 2.37. The van der Waals surface area contributed by atoms with E-state index in [0.29, 0.717) is 11.3 Å².